The second-order valence-electron chi connectivity index (χ2n) is 10.4. The second kappa shape index (κ2) is 16.2. The molecule has 0 radical (unpaired) electrons. The number of halogens is 7. The quantitative estimate of drug-likeness (QED) is 0.152. The van der Waals surface area contributed by atoms with E-state index < -0.39 is 30.2 Å². The molecule has 1 fully saturated rings. The number of aliphatic carboxylic acids is 2. The number of thiophene rings is 1. The Hall–Kier alpha value is -4.35. The van der Waals surface area contributed by atoms with Gasteiger partial charge in [-0.15, -0.1) is 11.3 Å². The SMILES string of the molecule is C[C@@H](Oc1cc(-n2cnc3ccc(C[C@@H]4CCCNC4)cc32)sc1C(N)=O)c1ccccc1Cl.O=C(O)C(F)(F)F.O=C(O)C(F)(F)F. The number of imidazole rings is 1. The average Bonchev–Trinajstić information content (AvgIpc) is 3.61. The lowest BCUT2D eigenvalue weighted by atomic mass is 9.92. The highest BCUT2D eigenvalue weighted by atomic mass is 35.5. The molecule has 18 heteroatoms. The van der Waals surface area contributed by atoms with Gasteiger partial charge >= 0.3 is 24.3 Å². The zero-order valence-corrected chi connectivity index (χ0v) is 26.5. The molecule has 1 amide bonds. The summed E-state index contributed by atoms with van der Waals surface area (Å²) in [6, 6.07) is 15.8. The lowest BCUT2D eigenvalue weighted by molar-refractivity contribution is -0.193. The Kier molecular flexibility index (Phi) is 12.8. The molecular formula is C30H29ClF6N4O6S. The van der Waals surface area contributed by atoms with Crippen molar-refractivity contribution in [1.29, 1.82) is 0 Å². The Morgan fingerprint density at radius 2 is 1.71 bits per heavy atom. The number of ether oxygens (including phenoxy) is 1. The molecule has 1 aliphatic heterocycles. The molecule has 260 valence electrons. The number of carboxylic acid groups (broad SMARTS) is 2. The highest BCUT2D eigenvalue weighted by Gasteiger charge is 2.39. The van der Waals surface area contributed by atoms with Gasteiger partial charge in [-0.1, -0.05) is 35.9 Å². The minimum Gasteiger partial charge on any atom is -0.484 e. The van der Waals surface area contributed by atoms with E-state index in [2.05, 4.69) is 28.5 Å². The second-order valence-corrected chi connectivity index (χ2v) is 11.8. The summed E-state index contributed by atoms with van der Waals surface area (Å²) in [5.74, 6) is -4.93. The molecule has 0 unspecified atom stereocenters. The van der Waals surface area contributed by atoms with E-state index in [0.29, 0.717) is 21.6 Å². The highest BCUT2D eigenvalue weighted by molar-refractivity contribution is 7.16. The molecule has 3 heterocycles. The Bertz CT molecular complexity index is 1710. The normalized spacial score (nSPS) is 15.4. The van der Waals surface area contributed by atoms with Crippen molar-refractivity contribution in [2.24, 2.45) is 11.7 Å². The number of primary amides is 1. The van der Waals surface area contributed by atoms with E-state index in [4.69, 9.17) is 41.9 Å². The van der Waals surface area contributed by atoms with Crippen molar-refractivity contribution in [3.63, 3.8) is 0 Å². The molecule has 0 bridgehead atoms. The summed E-state index contributed by atoms with van der Waals surface area (Å²) in [5, 5.41) is 19.2. The number of aromatic nitrogens is 2. The molecule has 1 aliphatic rings. The molecule has 1 saturated heterocycles. The van der Waals surface area contributed by atoms with Crippen LogP contribution in [-0.2, 0) is 16.0 Å². The summed E-state index contributed by atoms with van der Waals surface area (Å²) in [5.41, 5.74) is 9.75. The van der Waals surface area contributed by atoms with Crippen molar-refractivity contribution in [3.8, 4) is 10.8 Å². The first-order valence-corrected chi connectivity index (χ1v) is 15.2. The van der Waals surface area contributed by atoms with Crippen molar-refractivity contribution >= 4 is 51.8 Å². The molecule has 48 heavy (non-hydrogen) atoms. The van der Waals surface area contributed by atoms with Crippen LogP contribution in [0.4, 0.5) is 26.3 Å². The number of fused-ring (bicyclic) bond motifs is 1. The number of nitrogens with two attached hydrogens (primary N) is 1. The van der Waals surface area contributed by atoms with Gasteiger partial charge in [-0.05, 0) is 69.0 Å². The number of nitrogens with zero attached hydrogens (tertiary/aromatic N) is 2. The van der Waals surface area contributed by atoms with Crippen molar-refractivity contribution in [2.45, 2.75) is 44.6 Å². The van der Waals surface area contributed by atoms with E-state index in [-0.39, 0.29) is 6.10 Å². The van der Waals surface area contributed by atoms with Gasteiger partial charge in [0.25, 0.3) is 5.91 Å². The van der Waals surface area contributed by atoms with E-state index >= 15 is 0 Å². The molecule has 10 nitrogen and oxygen atoms in total. The molecule has 0 spiro atoms. The van der Waals surface area contributed by atoms with Gasteiger partial charge in [0.2, 0.25) is 0 Å². The van der Waals surface area contributed by atoms with Gasteiger partial charge in [0.15, 0.2) is 0 Å². The van der Waals surface area contributed by atoms with Crippen LogP contribution in [0.15, 0.2) is 54.9 Å². The van der Waals surface area contributed by atoms with Crippen LogP contribution < -0.4 is 15.8 Å². The first-order valence-electron chi connectivity index (χ1n) is 14.0. The first-order chi connectivity index (χ1) is 22.4. The monoisotopic (exact) mass is 722 g/mol. The van der Waals surface area contributed by atoms with Crippen LogP contribution in [0.5, 0.6) is 5.75 Å². The molecule has 2 aromatic heterocycles. The van der Waals surface area contributed by atoms with Gasteiger partial charge in [0, 0.05) is 16.7 Å². The van der Waals surface area contributed by atoms with Gasteiger partial charge in [-0.3, -0.25) is 9.36 Å². The number of nitrogens with one attached hydrogen (secondary N) is 1. The number of hydrogen-bond donors (Lipinski definition) is 4. The van der Waals surface area contributed by atoms with Gasteiger partial charge in [0.1, 0.15) is 28.1 Å². The third-order valence-electron chi connectivity index (χ3n) is 6.81. The predicted octanol–water partition coefficient (Wildman–Crippen LogP) is 6.79. The zero-order chi connectivity index (χ0) is 35.8. The number of piperidine rings is 1. The minimum absolute atomic E-state index is 0.343. The van der Waals surface area contributed by atoms with Crippen LogP contribution in [-0.4, -0.2) is 63.1 Å². The first kappa shape index (κ1) is 38.1. The highest BCUT2D eigenvalue weighted by Crippen LogP contribution is 2.37. The van der Waals surface area contributed by atoms with E-state index in [9.17, 15) is 31.1 Å². The number of alkyl halides is 6. The van der Waals surface area contributed by atoms with Gasteiger partial charge in [0.05, 0.1) is 11.0 Å². The van der Waals surface area contributed by atoms with Crippen LogP contribution in [0, 0.1) is 5.92 Å². The maximum atomic E-state index is 12.2. The lowest BCUT2D eigenvalue weighted by Crippen LogP contribution is -2.30. The van der Waals surface area contributed by atoms with Gasteiger partial charge in [-0.25, -0.2) is 14.6 Å². The number of amides is 1. The Balaban J connectivity index is 0.000000376. The molecular weight excluding hydrogens is 694 g/mol. The zero-order valence-electron chi connectivity index (χ0n) is 24.9. The van der Waals surface area contributed by atoms with Crippen LogP contribution in [0.3, 0.4) is 0 Å². The third kappa shape index (κ3) is 10.6. The molecule has 5 N–H and O–H groups in total. The Morgan fingerprint density at radius 3 is 2.25 bits per heavy atom. The van der Waals surface area contributed by atoms with Crippen LogP contribution >= 0.6 is 22.9 Å². The number of hydrogen-bond acceptors (Lipinski definition) is 7. The van der Waals surface area contributed by atoms with Crippen molar-refractivity contribution < 1.29 is 55.7 Å². The summed E-state index contributed by atoms with van der Waals surface area (Å²) in [7, 11) is 0. The molecule has 2 atom stereocenters. The Morgan fingerprint density at radius 1 is 1.08 bits per heavy atom. The molecule has 0 aliphatic carbocycles. The number of rotatable bonds is 7. The minimum atomic E-state index is -5.08. The van der Waals surface area contributed by atoms with Crippen molar-refractivity contribution in [2.75, 3.05) is 13.1 Å². The summed E-state index contributed by atoms with van der Waals surface area (Å²) in [4.78, 5) is 35.0. The standard InChI is InChI=1S/C26H27ClN4O2S.2C2HF3O2/c1-16(19-6-2-3-7-20(19)27)33-23-13-24(34-25(23)26(28)32)31-15-30-21-9-8-17(12-22(21)31)11-18-5-4-10-29-14-18;2*3-2(4,5)1(6)7/h2-3,6-9,12-13,15-16,18,29H,4-5,10-11,14H2,1H3,(H2,28,32);2*(H,6,7)/t16-,18+;;/m1../s1. The average molecular weight is 723 g/mol. The number of benzene rings is 2. The van der Waals surface area contributed by atoms with E-state index in [1.165, 1.54) is 29.7 Å². The Labute approximate surface area is 278 Å². The smallest absolute Gasteiger partial charge is 0.484 e. The lowest BCUT2D eigenvalue weighted by Gasteiger charge is -2.22. The summed E-state index contributed by atoms with van der Waals surface area (Å²) in [6.45, 7) is 4.08. The molecule has 2 aromatic carbocycles. The van der Waals surface area contributed by atoms with Crippen molar-refractivity contribution in [1.82, 2.24) is 14.9 Å². The summed E-state index contributed by atoms with van der Waals surface area (Å²) in [6.07, 6.45) is -5.21. The van der Waals surface area contributed by atoms with Gasteiger partial charge in [-0.2, -0.15) is 26.3 Å². The fraction of sp³-hybridized carbons (Fsp3) is 0.333. The maximum absolute atomic E-state index is 12.2. The third-order valence-corrected chi connectivity index (χ3v) is 8.29. The predicted molar refractivity (Wildman–Crippen MR) is 165 cm³/mol. The van der Waals surface area contributed by atoms with Crippen LogP contribution in [0.1, 0.15) is 46.7 Å². The number of carbonyl (C=O) groups excluding carboxylic acids is 1. The van der Waals surface area contributed by atoms with Crippen LogP contribution in [0.25, 0.3) is 16.0 Å². The van der Waals surface area contributed by atoms with E-state index in [1.807, 2.05) is 41.8 Å². The molecule has 0 saturated carbocycles. The molecule has 4 aromatic rings. The topological polar surface area (TPSA) is 157 Å². The van der Waals surface area contributed by atoms with E-state index in [1.54, 1.807) is 6.33 Å². The van der Waals surface area contributed by atoms with Crippen molar-refractivity contribution in [3.05, 3.63) is 75.9 Å². The summed E-state index contributed by atoms with van der Waals surface area (Å²) >= 11 is 7.64. The van der Waals surface area contributed by atoms with E-state index in [0.717, 1.165) is 41.1 Å². The maximum Gasteiger partial charge on any atom is 0.490 e. The number of carboxylic acids is 2. The largest absolute Gasteiger partial charge is 0.490 e. The fourth-order valence-corrected chi connectivity index (χ4v) is 5.80. The fourth-order valence-electron chi connectivity index (χ4n) is 4.59. The summed E-state index contributed by atoms with van der Waals surface area (Å²) < 4.78 is 71.6. The molecule has 5 rings (SSSR count). The van der Waals surface area contributed by atoms with Crippen LogP contribution in [0.2, 0.25) is 5.02 Å². The van der Waals surface area contributed by atoms with Gasteiger partial charge < -0.3 is 26.0 Å². The number of carbonyl (C=O) groups is 3.